The molecule has 3 aromatic rings. The molecule has 0 aliphatic rings. The fourth-order valence-corrected chi connectivity index (χ4v) is 2.64. The number of aromatic nitrogens is 3. The van der Waals surface area contributed by atoms with Gasteiger partial charge in [0, 0.05) is 23.6 Å². The van der Waals surface area contributed by atoms with Gasteiger partial charge >= 0.3 is 5.97 Å². The zero-order valence-electron chi connectivity index (χ0n) is 14.2. The molecule has 0 spiro atoms. The van der Waals surface area contributed by atoms with E-state index in [0.29, 0.717) is 48.2 Å². The number of ether oxygens (including phenoxy) is 2. The van der Waals surface area contributed by atoms with Gasteiger partial charge in [0.2, 0.25) is 5.88 Å². The van der Waals surface area contributed by atoms with E-state index in [1.165, 1.54) is 11.4 Å². The van der Waals surface area contributed by atoms with Crippen molar-refractivity contribution in [3.8, 4) is 17.1 Å². The maximum atomic E-state index is 12.3. The summed E-state index contributed by atoms with van der Waals surface area (Å²) in [7, 11) is 0. The number of aromatic amines is 1. The Bertz CT molecular complexity index is 980. The maximum Gasteiger partial charge on any atom is 0.302 e. The molecule has 2 heterocycles. The number of rotatable bonds is 7. The summed E-state index contributed by atoms with van der Waals surface area (Å²) < 4.78 is 11.9. The maximum absolute atomic E-state index is 12.3. The minimum atomic E-state index is -0.291. The van der Waals surface area contributed by atoms with E-state index in [1.807, 2.05) is 12.1 Å². The van der Waals surface area contributed by atoms with Crippen LogP contribution in [0.3, 0.4) is 0 Å². The molecule has 0 amide bonds. The third kappa shape index (κ3) is 4.43. The van der Waals surface area contributed by atoms with Crippen LogP contribution in [0, 0.1) is 0 Å². The lowest BCUT2D eigenvalue weighted by Crippen LogP contribution is -2.10. The van der Waals surface area contributed by atoms with Crippen molar-refractivity contribution in [3.05, 3.63) is 51.9 Å². The van der Waals surface area contributed by atoms with Crippen LogP contribution in [0.5, 0.6) is 5.88 Å². The van der Waals surface area contributed by atoms with Crippen molar-refractivity contribution in [1.82, 2.24) is 14.6 Å². The van der Waals surface area contributed by atoms with E-state index in [0.717, 1.165) is 5.56 Å². The lowest BCUT2D eigenvalue weighted by molar-refractivity contribution is -0.141. The molecule has 2 aromatic heterocycles. The highest BCUT2D eigenvalue weighted by Crippen LogP contribution is 2.21. The van der Waals surface area contributed by atoms with Gasteiger partial charge in [-0.25, -0.2) is 4.52 Å². The largest absolute Gasteiger partial charge is 0.477 e. The van der Waals surface area contributed by atoms with Crippen LogP contribution in [-0.4, -0.2) is 33.8 Å². The van der Waals surface area contributed by atoms with E-state index in [9.17, 15) is 9.59 Å². The Morgan fingerprint density at radius 1 is 1.27 bits per heavy atom. The number of nitrogens with zero attached hydrogens (tertiary/aromatic N) is 2. The van der Waals surface area contributed by atoms with E-state index in [2.05, 4.69) is 10.1 Å². The van der Waals surface area contributed by atoms with Crippen molar-refractivity contribution in [2.75, 3.05) is 13.2 Å². The molecule has 136 valence electrons. The molecule has 0 atom stereocenters. The number of unbranched alkanes of at least 4 members (excludes halogenated alkanes) is 1. The molecule has 0 aliphatic carbocycles. The van der Waals surface area contributed by atoms with E-state index in [1.54, 1.807) is 24.4 Å². The summed E-state index contributed by atoms with van der Waals surface area (Å²) in [5, 5.41) is 4.87. The average molecular weight is 376 g/mol. The Morgan fingerprint density at radius 2 is 2.08 bits per heavy atom. The van der Waals surface area contributed by atoms with Crippen LogP contribution in [0.15, 0.2) is 41.3 Å². The second-order valence-electron chi connectivity index (χ2n) is 5.72. The highest BCUT2D eigenvalue weighted by Gasteiger charge is 2.09. The highest BCUT2D eigenvalue weighted by atomic mass is 35.5. The SMILES string of the molecule is CC(=O)OCCCCOc1cc2c(=O)[nH]c(-c3cccc(Cl)c3)cn2n1. The van der Waals surface area contributed by atoms with Crippen molar-refractivity contribution in [2.45, 2.75) is 19.8 Å². The summed E-state index contributed by atoms with van der Waals surface area (Å²) in [6, 6.07) is 8.79. The fourth-order valence-electron chi connectivity index (χ4n) is 2.45. The monoisotopic (exact) mass is 375 g/mol. The molecule has 7 nitrogen and oxygen atoms in total. The zero-order chi connectivity index (χ0) is 18.5. The van der Waals surface area contributed by atoms with Crippen molar-refractivity contribution in [2.24, 2.45) is 0 Å². The number of benzene rings is 1. The molecule has 1 aromatic carbocycles. The van der Waals surface area contributed by atoms with Gasteiger partial charge < -0.3 is 14.5 Å². The number of H-pyrrole nitrogens is 1. The summed E-state index contributed by atoms with van der Waals surface area (Å²) >= 11 is 6.01. The predicted octanol–water partition coefficient (Wildman–Crippen LogP) is 3.07. The second-order valence-corrected chi connectivity index (χ2v) is 6.15. The molecule has 1 N–H and O–H groups in total. The summed E-state index contributed by atoms with van der Waals surface area (Å²) in [6.45, 7) is 2.17. The minimum absolute atomic E-state index is 0.264. The number of esters is 1. The van der Waals surface area contributed by atoms with Crippen molar-refractivity contribution >= 4 is 23.1 Å². The Kier molecular flexibility index (Phi) is 5.58. The first-order valence-corrected chi connectivity index (χ1v) is 8.55. The molecule has 0 unspecified atom stereocenters. The number of hydrogen-bond acceptors (Lipinski definition) is 5. The summed E-state index contributed by atoms with van der Waals surface area (Å²) in [6.07, 6.45) is 3.13. The van der Waals surface area contributed by atoms with Crippen LogP contribution in [-0.2, 0) is 9.53 Å². The Balaban J connectivity index is 1.70. The number of fused-ring (bicyclic) bond motifs is 1. The quantitative estimate of drug-likeness (QED) is 0.506. The molecular weight excluding hydrogens is 358 g/mol. The van der Waals surface area contributed by atoms with Crippen LogP contribution in [0.25, 0.3) is 16.8 Å². The van der Waals surface area contributed by atoms with Crippen LogP contribution in [0.2, 0.25) is 5.02 Å². The van der Waals surface area contributed by atoms with Crippen LogP contribution < -0.4 is 10.3 Å². The van der Waals surface area contributed by atoms with Gasteiger partial charge in [-0.05, 0) is 25.0 Å². The normalized spacial score (nSPS) is 10.8. The molecule has 0 bridgehead atoms. The molecule has 26 heavy (non-hydrogen) atoms. The average Bonchev–Trinajstić information content (AvgIpc) is 3.01. The van der Waals surface area contributed by atoms with Gasteiger partial charge in [-0.2, -0.15) is 0 Å². The molecule has 8 heteroatoms. The van der Waals surface area contributed by atoms with Gasteiger partial charge in [0.05, 0.1) is 25.1 Å². The van der Waals surface area contributed by atoms with Gasteiger partial charge in [-0.3, -0.25) is 9.59 Å². The van der Waals surface area contributed by atoms with E-state index >= 15 is 0 Å². The first kappa shape index (κ1) is 18.0. The molecule has 3 rings (SSSR count). The molecule has 0 saturated carbocycles. The van der Waals surface area contributed by atoms with Crippen LogP contribution in [0.4, 0.5) is 0 Å². The van der Waals surface area contributed by atoms with Crippen molar-refractivity contribution < 1.29 is 14.3 Å². The second kappa shape index (κ2) is 8.05. The predicted molar refractivity (Wildman–Crippen MR) is 97.6 cm³/mol. The fraction of sp³-hybridized carbons (Fsp3) is 0.278. The van der Waals surface area contributed by atoms with Gasteiger partial charge in [0.15, 0.2) is 0 Å². The van der Waals surface area contributed by atoms with Gasteiger partial charge in [0.1, 0.15) is 5.52 Å². The van der Waals surface area contributed by atoms with E-state index in [-0.39, 0.29) is 11.5 Å². The standard InChI is InChI=1S/C18H18ClN3O4/c1-12(23)25-7-2-3-8-26-17-10-16-18(24)20-15(11-22(16)21-17)13-5-4-6-14(19)9-13/h4-6,9-11H,2-3,7-8H2,1H3,(H,20,24). The number of hydrogen-bond donors (Lipinski definition) is 1. The van der Waals surface area contributed by atoms with Gasteiger partial charge in [-0.1, -0.05) is 23.7 Å². The van der Waals surface area contributed by atoms with Crippen LogP contribution in [0.1, 0.15) is 19.8 Å². The third-order valence-electron chi connectivity index (χ3n) is 3.68. The first-order valence-electron chi connectivity index (χ1n) is 8.18. The van der Waals surface area contributed by atoms with Crippen molar-refractivity contribution in [1.29, 1.82) is 0 Å². The van der Waals surface area contributed by atoms with E-state index < -0.39 is 0 Å². The van der Waals surface area contributed by atoms with E-state index in [4.69, 9.17) is 21.1 Å². The van der Waals surface area contributed by atoms with Gasteiger partial charge in [-0.15, -0.1) is 5.10 Å². The number of carbonyl (C=O) groups is 1. The zero-order valence-corrected chi connectivity index (χ0v) is 15.0. The Morgan fingerprint density at radius 3 is 2.85 bits per heavy atom. The van der Waals surface area contributed by atoms with Gasteiger partial charge in [0.25, 0.3) is 5.56 Å². The summed E-state index contributed by atoms with van der Waals surface area (Å²) in [5.41, 5.74) is 1.53. The minimum Gasteiger partial charge on any atom is -0.477 e. The van der Waals surface area contributed by atoms with Crippen molar-refractivity contribution in [3.63, 3.8) is 0 Å². The van der Waals surface area contributed by atoms with Crippen LogP contribution >= 0.6 is 11.6 Å². The summed E-state index contributed by atoms with van der Waals surface area (Å²) in [5.74, 6) is 0.0761. The molecule has 0 fully saturated rings. The number of halogens is 1. The third-order valence-corrected chi connectivity index (χ3v) is 3.91. The smallest absolute Gasteiger partial charge is 0.302 e. The molecule has 0 saturated heterocycles. The molecule has 0 radical (unpaired) electrons. The summed E-state index contributed by atoms with van der Waals surface area (Å²) in [4.78, 5) is 25.8. The lowest BCUT2D eigenvalue weighted by Gasteiger charge is -2.03. The highest BCUT2D eigenvalue weighted by molar-refractivity contribution is 6.30. The Hall–Kier alpha value is -2.80. The number of carbonyl (C=O) groups excluding carboxylic acids is 1. The molecule has 0 aliphatic heterocycles. The lowest BCUT2D eigenvalue weighted by atomic mass is 10.2. The molecular formula is C18H18ClN3O4. The first-order chi connectivity index (χ1) is 12.5. The number of nitrogens with one attached hydrogen (secondary N) is 1. The topological polar surface area (TPSA) is 85.7 Å². The Labute approximate surface area is 154 Å².